The summed E-state index contributed by atoms with van der Waals surface area (Å²) in [5, 5.41) is 10.4. The highest BCUT2D eigenvalue weighted by Gasteiger charge is 2.29. The fourth-order valence-electron chi connectivity index (χ4n) is 2.10. The number of hydrogen-bond donors (Lipinski definition) is 2. The first-order valence-electron chi connectivity index (χ1n) is 7.48. The maximum atomic E-state index is 12.5. The minimum absolute atomic E-state index is 0.388. The number of aliphatic imine (C=N–C) groups is 1. The van der Waals surface area contributed by atoms with Crippen LogP contribution in [0.5, 0.6) is 0 Å². The molecule has 0 aliphatic heterocycles. The SMILES string of the molecule is CN=C(NCCn1cc(C)cn1)NCc1ccc(C(F)(F)F)cc1. The molecule has 130 valence electrons. The number of aromatic nitrogens is 2. The predicted molar refractivity (Wildman–Crippen MR) is 86.6 cm³/mol. The normalized spacial score (nSPS) is 12.3. The van der Waals surface area contributed by atoms with E-state index in [9.17, 15) is 13.2 Å². The largest absolute Gasteiger partial charge is 0.416 e. The van der Waals surface area contributed by atoms with Gasteiger partial charge < -0.3 is 10.6 Å². The molecule has 8 heteroatoms. The molecule has 2 rings (SSSR count). The molecule has 0 amide bonds. The Bertz CT molecular complexity index is 674. The van der Waals surface area contributed by atoms with Crippen LogP contribution >= 0.6 is 0 Å². The number of alkyl halides is 3. The molecule has 0 saturated carbocycles. The highest BCUT2D eigenvalue weighted by Crippen LogP contribution is 2.28. The molecule has 1 aromatic heterocycles. The van der Waals surface area contributed by atoms with Crippen molar-refractivity contribution in [2.75, 3.05) is 13.6 Å². The molecular weight excluding hydrogens is 319 g/mol. The molecule has 0 radical (unpaired) electrons. The molecule has 0 aliphatic carbocycles. The van der Waals surface area contributed by atoms with Crippen molar-refractivity contribution in [1.29, 1.82) is 0 Å². The summed E-state index contributed by atoms with van der Waals surface area (Å²) < 4.78 is 39.4. The average molecular weight is 339 g/mol. The van der Waals surface area contributed by atoms with Gasteiger partial charge in [0, 0.05) is 26.3 Å². The van der Waals surface area contributed by atoms with E-state index in [0.29, 0.717) is 25.6 Å². The highest BCUT2D eigenvalue weighted by molar-refractivity contribution is 5.79. The van der Waals surface area contributed by atoms with Gasteiger partial charge >= 0.3 is 6.18 Å². The van der Waals surface area contributed by atoms with Gasteiger partial charge in [0.05, 0.1) is 18.3 Å². The van der Waals surface area contributed by atoms with Crippen LogP contribution in [0.4, 0.5) is 13.2 Å². The van der Waals surface area contributed by atoms with E-state index in [-0.39, 0.29) is 0 Å². The Balaban J connectivity index is 1.78. The van der Waals surface area contributed by atoms with Crippen molar-refractivity contribution in [3.63, 3.8) is 0 Å². The second-order valence-electron chi connectivity index (χ2n) is 5.33. The first-order chi connectivity index (χ1) is 11.4. The van der Waals surface area contributed by atoms with Gasteiger partial charge in [0.25, 0.3) is 0 Å². The summed E-state index contributed by atoms with van der Waals surface area (Å²) in [7, 11) is 1.64. The second-order valence-corrected chi connectivity index (χ2v) is 5.33. The molecule has 2 aromatic rings. The van der Waals surface area contributed by atoms with Crippen LogP contribution in [0.3, 0.4) is 0 Å². The molecule has 0 atom stereocenters. The van der Waals surface area contributed by atoms with Crippen molar-refractivity contribution >= 4 is 5.96 Å². The van der Waals surface area contributed by atoms with E-state index in [0.717, 1.165) is 23.3 Å². The smallest absolute Gasteiger partial charge is 0.355 e. The summed E-state index contributed by atoms with van der Waals surface area (Å²) in [6, 6.07) is 5.06. The summed E-state index contributed by atoms with van der Waals surface area (Å²) in [4.78, 5) is 4.08. The summed E-state index contributed by atoms with van der Waals surface area (Å²) in [5.41, 5.74) is 1.19. The maximum Gasteiger partial charge on any atom is 0.416 e. The summed E-state index contributed by atoms with van der Waals surface area (Å²) in [6.45, 7) is 3.68. The second kappa shape index (κ2) is 7.85. The highest BCUT2D eigenvalue weighted by atomic mass is 19.4. The molecule has 24 heavy (non-hydrogen) atoms. The third kappa shape index (κ3) is 5.29. The van der Waals surface area contributed by atoms with Crippen LogP contribution in [0.25, 0.3) is 0 Å². The Hall–Kier alpha value is -2.51. The number of halogens is 3. The van der Waals surface area contributed by atoms with Gasteiger partial charge in [0.1, 0.15) is 0 Å². The molecule has 2 N–H and O–H groups in total. The van der Waals surface area contributed by atoms with Crippen molar-refractivity contribution in [2.24, 2.45) is 4.99 Å². The number of rotatable bonds is 5. The first kappa shape index (κ1) is 17.8. The molecular formula is C16H20F3N5. The molecule has 0 aliphatic rings. The van der Waals surface area contributed by atoms with E-state index in [1.807, 2.05) is 17.8 Å². The Morgan fingerprint density at radius 3 is 2.46 bits per heavy atom. The lowest BCUT2D eigenvalue weighted by molar-refractivity contribution is -0.137. The predicted octanol–water partition coefficient (Wildman–Crippen LogP) is 2.58. The third-order valence-corrected chi connectivity index (χ3v) is 3.36. The van der Waals surface area contributed by atoms with Gasteiger partial charge in [-0.2, -0.15) is 18.3 Å². The van der Waals surface area contributed by atoms with Crippen molar-refractivity contribution < 1.29 is 13.2 Å². The van der Waals surface area contributed by atoms with Crippen LogP contribution < -0.4 is 10.6 Å². The quantitative estimate of drug-likeness (QED) is 0.650. The molecule has 1 heterocycles. The molecule has 1 aromatic carbocycles. The van der Waals surface area contributed by atoms with E-state index in [2.05, 4.69) is 20.7 Å². The lowest BCUT2D eigenvalue weighted by atomic mass is 10.1. The molecule has 5 nitrogen and oxygen atoms in total. The van der Waals surface area contributed by atoms with E-state index in [1.54, 1.807) is 13.2 Å². The third-order valence-electron chi connectivity index (χ3n) is 3.36. The zero-order valence-electron chi connectivity index (χ0n) is 13.6. The van der Waals surface area contributed by atoms with E-state index in [1.165, 1.54) is 12.1 Å². The number of guanidine groups is 1. The number of benzene rings is 1. The van der Waals surface area contributed by atoms with Crippen LogP contribution in [-0.2, 0) is 19.3 Å². The minimum atomic E-state index is -4.31. The van der Waals surface area contributed by atoms with E-state index in [4.69, 9.17) is 0 Å². The lowest BCUT2D eigenvalue weighted by Crippen LogP contribution is -2.38. The fraction of sp³-hybridized carbons (Fsp3) is 0.375. The van der Waals surface area contributed by atoms with Crippen molar-refractivity contribution in [3.8, 4) is 0 Å². The summed E-state index contributed by atoms with van der Waals surface area (Å²) in [5.74, 6) is 0.582. The number of hydrogen-bond acceptors (Lipinski definition) is 2. The number of nitrogens with zero attached hydrogens (tertiary/aromatic N) is 3. The number of nitrogens with one attached hydrogen (secondary N) is 2. The topological polar surface area (TPSA) is 54.2 Å². The lowest BCUT2D eigenvalue weighted by Gasteiger charge is -2.12. The average Bonchev–Trinajstić information content (AvgIpc) is 2.95. The van der Waals surface area contributed by atoms with Gasteiger partial charge in [0.2, 0.25) is 0 Å². The van der Waals surface area contributed by atoms with E-state index >= 15 is 0 Å². The molecule has 0 spiro atoms. The van der Waals surface area contributed by atoms with Gasteiger partial charge in [-0.1, -0.05) is 12.1 Å². The zero-order valence-corrected chi connectivity index (χ0v) is 13.6. The fourth-order valence-corrected chi connectivity index (χ4v) is 2.10. The van der Waals surface area contributed by atoms with Crippen LogP contribution in [0.2, 0.25) is 0 Å². The van der Waals surface area contributed by atoms with Crippen molar-refractivity contribution in [1.82, 2.24) is 20.4 Å². The minimum Gasteiger partial charge on any atom is -0.355 e. The van der Waals surface area contributed by atoms with Gasteiger partial charge in [-0.05, 0) is 30.2 Å². The van der Waals surface area contributed by atoms with Gasteiger partial charge in [-0.15, -0.1) is 0 Å². The van der Waals surface area contributed by atoms with E-state index < -0.39 is 11.7 Å². The Labute approximate surface area is 138 Å². The summed E-state index contributed by atoms with van der Waals surface area (Å²) in [6.07, 6.45) is -0.577. The zero-order chi connectivity index (χ0) is 17.6. The van der Waals surface area contributed by atoms with Crippen LogP contribution in [0.1, 0.15) is 16.7 Å². The maximum absolute atomic E-state index is 12.5. The standard InChI is InChI=1S/C16H20F3N5/c1-12-9-23-24(11-12)8-7-21-15(20-2)22-10-13-3-5-14(6-4-13)16(17,18)19/h3-6,9,11H,7-8,10H2,1-2H3,(H2,20,21,22). The van der Waals surface area contributed by atoms with Crippen LogP contribution in [0, 0.1) is 6.92 Å². The molecule has 0 fully saturated rings. The monoisotopic (exact) mass is 339 g/mol. The molecule has 0 bridgehead atoms. The van der Waals surface area contributed by atoms with Crippen molar-refractivity contribution in [3.05, 3.63) is 53.3 Å². The molecule has 0 saturated heterocycles. The van der Waals surface area contributed by atoms with Crippen LogP contribution in [0.15, 0.2) is 41.7 Å². The van der Waals surface area contributed by atoms with Crippen molar-refractivity contribution in [2.45, 2.75) is 26.2 Å². The Kier molecular flexibility index (Phi) is 5.83. The summed E-state index contributed by atoms with van der Waals surface area (Å²) >= 11 is 0. The van der Waals surface area contributed by atoms with Gasteiger partial charge in [-0.3, -0.25) is 9.67 Å². The first-order valence-corrected chi connectivity index (χ1v) is 7.48. The van der Waals surface area contributed by atoms with Gasteiger partial charge in [0.15, 0.2) is 5.96 Å². The Morgan fingerprint density at radius 1 is 1.21 bits per heavy atom. The Morgan fingerprint density at radius 2 is 1.92 bits per heavy atom. The van der Waals surface area contributed by atoms with Crippen LogP contribution in [-0.4, -0.2) is 29.3 Å². The number of aryl methyl sites for hydroxylation is 1. The molecule has 0 unspecified atom stereocenters. The van der Waals surface area contributed by atoms with Gasteiger partial charge in [-0.25, -0.2) is 0 Å².